The fourth-order valence-electron chi connectivity index (χ4n) is 1.51. The van der Waals surface area contributed by atoms with E-state index in [1.807, 2.05) is 26.8 Å². The van der Waals surface area contributed by atoms with Crippen molar-refractivity contribution >= 4 is 11.4 Å². The summed E-state index contributed by atoms with van der Waals surface area (Å²) in [5, 5.41) is 22.9. The summed E-state index contributed by atoms with van der Waals surface area (Å²) >= 11 is 0. The molecule has 0 bridgehead atoms. The van der Waals surface area contributed by atoms with Crippen LogP contribution in [0, 0.1) is 23.0 Å². The van der Waals surface area contributed by atoms with Gasteiger partial charge in [-0.15, -0.1) is 0 Å². The molecule has 0 amide bonds. The average Bonchev–Trinajstić information content (AvgIpc) is 2.26. The summed E-state index contributed by atoms with van der Waals surface area (Å²) in [5.74, 6) is 0.0922. The Bertz CT molecular complexity index is 407. The van der Waals surface area contributed by atoms with Crippen LogP contribution in [0.1, 0.15) is 19.4 Å². The fourth-order valence-corrected chi connectivity index (χ4v) is 1.51. The number of aliphatic hydroxyl groups excluding tert-OH is 1. The van der Waals surface area contributed by atoms with Crippen molar-refractivity contribution in [1.29, 1.82) is 0 Å². The molecule has 1 aromatic rings. The summed E-state index contributed by atoms with van der Waals surface area (Å²) in [7, 11) is 0. The molecule has 0 spiro atoms. The second kappa shape index (κ2) is 5.63. The van der Waals surface area contributed by atoms with Crippen molar-refractivity contribution in [2.24, 2.45) is 5.92 Å². The van der Waals surface area contributed by atoms with Crippen molar-refractivity contribution in [2.75, 3.05) is 11.9 Å². The molecule has 2 N–H and O–H groups in total. The first-order valence-corrected chi connectivity index (χ1v) is 5.57. The lowest BCUT2D eigenvalue weighted by Crippen LogP contribution is -2.26. The lowest BCUT2D eigenvalue weighted by Gasteiger charge is -2.20. The number of nitro groups is 1. The van der Waals surface area contributed by atoms with E-state index in [0.29, 0.717) is 5.69 Å². The summed E-state index contributed by atoms with van der Waals surface area (Å²) in [4.78, 5) is 10.3. The molecule has 0 aliphatic heterocycles. The molecule has 0 radical (unpaired) electrons. The quantitative estimate of drug-likeness (QED) is 0.609. The third-order valence-electron chi connectivity index (χ3n) is 2.81. The predicted molar refractivity (Wildman–Crippen MR) is 67.2 cm³/mol. The largest absolute Gasteiger partial charge is 0.396 e. The molecule has 0 saturated carbocycles. The maximum absolute atomic E-state index is 10.7. The standard InChI is InChI=1S/C12H18N2O3/c1-8-4-11(6-12(5-8)14(16)17)13-10(3)9(2)7-15/h4-6,9-10,13,15H,7H2,1-3H3. The maximum Gasteiger partial charge on any atom is 0.271 e. The fraction of sp³-hybridized carbons (Fsp3) is 0.500. The highest BCUT2D eigenvalue weighted by atomic mass is 16.6. The van der Waals surface area contributed by atoms with Gasteiger partial charge in [0.1, 0.15) is 0 Å². The van der Waals surface area contributed by atoms with Gasteiger partial charge in [-0.1, -0.05) is 6.92 Å². The smallest absolute Gasteiger partial charge is 0.271 e. The van der Waals surface area contributed by atoms with Gasteiger partial charge in [0.25, 0.3) is 5.69 Å². The molecule has 0 fully saturated rings. The third-order valence-corrected chi connectivity index (χ3v) is 2.81. The van der Waals surface area contributed by atoms with Crippen molar-refractivity contribution in [3.05, 3.63) is 33.9 Å². The van der Waals surface area contributed by atoms with E-state index in [1.165, 1.54) is 12.1 Å². The summed E-state index contributed by atoms with van der Waals surface area (Å²) in [5.41, 5.74) is 1.63. The zero-order valence-electron chi connectivity index (χ0n) is 10.3. The Hall–Kier alpha value is -1.62. The van der Waals surface area contributed by atoms with Gasteiger partial charge in [-0.2, -0.15) is 0 Å². The highest BCUT2D eigenvalue weighted by molar-refractivity contribution is 5.54. The van der Waals surface area contributed by atoms with Crippen LogP contribution in [0.3, 0.4) is 0 Å². The van der Waals surface area contributed by atoms with Gasteiger partial charge < -0.3 is 10.4 Å². The van der Waals surface area contributed by atoms with E-state index in [2.05, 4.69) is 5.32 Å². The molecule has 5 nitrogen and oxygen atoms in total. The number of nitro benzene ring substituents is 1. The normalized spacial score (nSPS) is 14.1. The van der Waals surface area contributed by atoms with E-state index in [4.69, 9.17) is 5.11 Å². The van der Waals surface area contributed by atoms with Gasteiger partial charge in [0.15, 0.2) is 0 Å². The van der Waals surface area contributed by atoms with E-state index in [-0.39, 0.29) is 24.3 Å². The molecule has 0 aromatic heterocycles. The molecule has 1 aromatic carbocycles. The Morgan fingerprint density at radius 3 is 2.59 bits per heavy atom. The van der Waals surface area contributed by atoms with Crippen LogP contribution in [0.15, 0.2) is 18.2 Å². The van der Waals surface area contributed by atoms with Crippen LogP contribution in [-0.2, 0) is 0 Å². The molecule has 2 atom stereocenters. The van der Waals surface area contributed by atoms with Gasteiger partial charge in [0.05, 0.1) is 4.92 Å². The molecule has 94 valence electrons. The molecule has 17 heavy (non-hydrogen) atoms. The van der Waals surface area contributed by atoms with Crippen LogP contribution < -0.4 is 5.32 Å². The Kier molecular flexibility index (Phi) is 4.45. The first kappa shape index (κ1) is 13.4. The topological polar surface area (TPSA) is 75.4 Å². The van der Waals surface area contributed by atoms with Crippen molar-refractivity contribution < 1.29 is 10.0 Å². The summed E-state index contributed by atoms with van der Waals surface area (Å²) in [6, 6.07) is 4.95. The lowest BCUT2D eigenvalue weighted by molar-refractivity contribution is -0.384. The van der Waals surface area contributed by atoms with E-state index in [0.717, 1.165) is 5.56 Å². The maximum atomic E-state index is 10.7. The van der Waals surface area contributed by atoms with Gasteiger partial charge in [-0.05, 0) is 31.4 Å². The van der Waals surface area contributed by atoms with Crippen LogP contribution in [0.5, 0.6) is 0 Å². The van der Waals surface area contributed by atoms with E-state index in [1.54, 1.807) is 0 Å². The zero-order valence-corrected chi connectivity index (χ0v) is 10.3. The summed E-state index contributed by atoms with van der Waals surface area (Å²) < 4.78 is 0. The number of non-ortho nitro benzene ring substituents is 1. The Labute approximate surface area is 101 Å². The highest BCUT2D eigenvalue weighted by Crippen LogP contribution is 2.22. The number of anilines is 1. The summed E-state index contributed by atoms with van der Waals surface area (Å²) in [6.45, 7) is 5.76. The van der Waals surface area contributed by atoms with Crippen molar-refractivity contribution in [3.8, 4) is 0 Å². The van der Waals surface area contributed by atoms with Gasteiger partial charge in [0.2, 0.25) is 0 Å². The second-order valence-electron chi connectivity index (χ2n) is 4.41. The Morgan fingerprint density at radius 2 is 2.06 bits per heavy atom. The molecule has 2 unspecified atom stereocenters. The average molecular weight is 238 g/mol. The minimum Gasteiger partial charge on any atom is -0.396 e. The number of benzene rings is 1. The number of aryl methyl sites for hydroxylation is 1. The molecule has 5 heteroatoms. The van der Waals surface area contributed by atoms with Crippen molar-refractivity contribution in [2.45, 2.75) is 26.8 Å². The van der Waals surface area contributed by atoms with Crippen LogP contribution in [0.4, 0.5) is 11.4 Å². The zero-order chi connectivity index (χ0) is 13.0. The monoisotopic (exact) mass is 238 g/mol. The van der Waals surface area contributed by atoms with E-state index in [9.17, 15) is 10.1 Å². The Morgan fingerprint density at radius 1 is 1.41 bits per heavy atom. The molecule has 0 saturated heterocycles. The van der Waals surface area contributed by atoms with Crippen LogP contribution in [0.2, 0.25) is 0 Å². The third kappa shape index (κ3) is 3.71. The molecular formula is C12H18N2O3. The van der Waals surface area contributed by atoms with Crippen LogP contribution in [-0.4, -0.2) is 22.7 Å². The van der Waals surface area contributed by atoms with E-state index >= 15 is 0 Å². The first-order chi connectivity index (χ1) is 7.93. The lowest BCUT2D eigenvalue weighted by atomic mass is 10.0. The summed E-state index contributed by atoms with van der Waals surface area (Å²) in [6.07, 6.45) is 0. The molecule has 0 heterocycles. The minimum atomic E-state index is -0.404. The van der Waals surface area contributed by atoms with Gasteiger partial charge in [-0.25, -0.2) is 0 Å². The van der Waals surface area contributed by atoms with E-state index < -0.39 is 4.92 Å². The number of nitrogens with zero attached hydrogens (tertiary/aromatic N) is 1. The van der Waals surface area contributed by atoms with Crippen LogP contribution in [0.25, 0.3) is 0 Å². The van der Waals surface area contributed by atoms with Gasteiger partial charge >= 0.3 is 0 Å². The highest BCUT2D eigenvalue weighted by Gasteiger charge is 2.13. The number of hydrogen-bond acceptors (Lipinski definition) is 4. The molecule has 1 rings (SSSR count). The number of rotatable bonds is 5. The number of nitrogens with one attached hydrogen (secondary N) is 1. The molecule has 0 aliphatic carbocycles. The SMILES string of the molecule is Cc1cc(NC(C)C(C)CO)cc([N+](=O)[O-])c1. The van der Waals surface area contributed by atoms with Gasteiger partial charge in [0, 0.05) is 30.5 Å². The van der Waals surface area contributed by atoms with Gasteiger partial charge in [-0.3, -0.25) is 10.1 Å². The van der Waals surface area contributed by atoms with Crippen molar-refractivity contribution in [1.82, 2.24) is 0 Å². The minimum absolute atomic E-state index is 0.0569. The predicted octanol–water partition coefficient (Wildman–Crippen LogP) is 2.33. The molecule has 0 aliphatic rings. The Balaban J connectivity index is 2.87. The number of hydrogen-bond donors (Lipinski definition) is 2. The molecular weight excluding hydrogens is 220 g/mol. The number of aliphatic hydroxyl groups is 1. The first-order valence-electron chi connectivity index (χ1n) is 5.57. The van der Waals surface area contributed by atoms with Crippen molar-refractivity contribution in [3.63, 3.8) is 0 Å². The van der Waals surface area contributed by atoms with Crippen LogP contribution >= 0.6 is 0 Å². The second-order valence-corrected chi connectivity index (χ2v) is 4.41.